The number of rotatable bonds is 4. The molecule has 16 heavy (non-hydrogen) atoms. The Morgan fingerprint density at radius 3 is 2.44 bits per heavy atom. The Labute approximate surface area is 98.8 Å². The highest BCUT2D eigenvalue weighted by Crippen LogP contribution is 2.06. The van der Waals surface area contributed by atoms with E-state index in [4.69, 9.17) is 0 Å². The maximum Gasteiger partial charge on any atom is 0.315 e. The maximum atomic E-state index is 11.4. The SMILES string of the molecule is CC(C)(C)NC(=O)NCCCN1CCCC1. The van der Waals surface area contributed by atoms with Crippen molar-refractivity contribution >= 4 is 6.03 Å². The number of carbonyl (C=O) groups excluding carboxylic acids is 1. The first-order chi connectivity index (χ1) is 7.47. The third kappa shape index (κ3) is 5.95. The number of urea groups is 1. The van der Waals surface area contributed by atoms with Crippen molar-refractivity contribution in [2.45, 2.75) is 45.6 Å². The summed E-state index contributed by atoms with van der Waals surface area (Å²) >= 11 is 0. The first kappa shape index (κ1) is 13.3. The van der Waals surface area contributed by atoms with Crippen molar-refractivity contribution in [3.8, 4) is 0 Å². The molecule has 0 atom stereocenters. The molecule has 2 amide bonds. The smallest absolute Gasteiger partial charge is 0.315 e. The quantitative estimate of drug-likeness (QED) is 0.716. The summed E-state index contributed by atoms with van der Waals surface area (Å²) in [6.07, 6.45) is 3.70. The second-order valence-electron chi connectivity index (χ2n) is 5.53. The Morgan fingerprint density at radius 2 is 1.88 bits per heavy atom. The molecule has 1 heterocycles. The molecule has 4 heteroatoms. The predicted molar refractivity (Wildman–Crippen MR) is 66.6 cm³/mol. The Balaban J connectivity index is 2.00. The standard InChI is InChI=1S/C12H25N3O/c1-12(2,3)14-11(16)13-7-6-10-15-8-4-5-9-15/h4-10H2,1-3H3,(H2,13,14,16). The summed E-state index contributed by atoms with van der Waals surface area (Å²) in [5.41, 5.74) is -0.154. The van der Waals surface area contributed by atoms with Crippen LogP contribution in [0, 0.1) is 0 Å². The van der Waals surface area contributed by atoms with E-state index in [0.29, 0.717) is 0 Å². The molecule has 1 aliphatic rings. The highest BCUT2D eigenvalue weighted by Gasteiger charge is 2.13. The number of nitrogens with one attached hydrogen (secondary N) is 2. The van der Waals surface area contributed by atoms with E-state index in [9.17, 15) is 4.79 Å². The van der Waals surface area contributed by atoms with Crippen LogP contribution in [0.2, 0.25) is 0 Å². The van der Waals surface area contributed by atoms with Crippen molar-refractivity contribution in [2.24, 2.45) is 0 Å². The lowest BCUT2D eigenvalue weighted by Crippen LogP contribution is -2.46. The average molecular weight is 227 g/mol. The lowest BCUT2D eigenvalue weighted by atomic mass is 10.1. The number of hydrogen-bond acceptors (Lipinski definition) is 2. The molecule has 0 bridgehead atoms. The minimum Gasteiger partial charge on any atom is -0.338 e. The van der Waals surface area contributed by atoms with E-state index in [1.54, 1.807) is 0 Å². The van der Waals surface area contributed by atoms with E-state index >= 15 is 0 Å². The fraction of sp³-hybridized carbons (Fsp3) is 0.917. The van der Waals surface area contributed by atoms with Crippen LogP contribution >= 0.6 is 0 Å². The van der Waals surface area contributed by atoms with E-state index in [2.05, 4.69) is 15.5 Å². The summed E-state index contributed by atoms with van der Waals surface area (Å²) in [6.45, 7) is 10.3. The normalized spacial score (nSPS) is 17.4. The summed E-state index contributed by atoms with van der Waals surface area (Å²) in [6, 6.07) is -0.0612. The molecule has 0 aromatic rings. The van der Waals surface area contributed by atoms with Crippen molar-refractivity contribution in [3.63, 3.8) is 0 Å². The minimum atomic E-state index is -0.154. The van der Waals surface area contributed by atoms with Gasteiger partial charge in [0, 0.05) is 12.1 Å². The van der Waals surface area contributed by atoms with Crippen LogP contribution in [-0.4, -0.2) is 42.6 Å². The molecule has 0 unspecified atom stereocenters. The second kappa shape index (κ2) is 6.09. The molecule has 0 aromatic carbocycles. The average Bonchev–Trinajstić information content (AvgIpc) is 2.62. The molecule has 0 aromatic heterocycles. The van der Waals surface area contributed by atoms with Crippen LogP contribution in [0.25, 0.3) is 0 Å². The fourth-order valence-electron chi connectivity index (χ4n) is 1.90. The second-order valence-corrected chi connectivity index (χ2v) is 5.53. The summed E-state index contributed by atoms with van der Waals surface area (Å²) in [4.78, 5) is 13.9. The van der Waals surface area contributed by atoms with Crippen molar-refractivity contribution < 1.29 is 4.79 Å². The molecule has 1 fully saturated rings. The van der Waals surface area contributed by atoms with Gasteiger partial charge in [-0.05, 0) is 59.7 Å². The number of likely N-dealkylation sites (tertiary alicyclic amines) is 1. The minimum absolute atomic E-state index is 0.0612. The molecule has 0 saturated carbocycles. The van der Waals surface area contributed by atoms with Gasteiger partial charge in [0.1, 0.15) is 0 Å². The Kier molecular flexibility index (Phi) is 5.06. The topological polar surface area (TPSA) is 44.4 Å². The zero-order valence-corrected chi connectivity index (χ0v) is 10.8. The molecule has 1 rings (SSSR count). The van der Waals surface area contributed by atoms with Gasteiger partial charge in [-0.2, -0.15) is 0 Å². The highest BCUT2D eigenvalue weighted by molar-refractivity contribution is 5.74. The monoisotopic (exact) mass is 227 g/mol. The fourth-order valence-corrected chi connectivity index (χ4v) is 1.90. The van der Waals surface area contributed by atoms with E-state index < -0.39 is 0 Å². The van der Waals surface area contributed by atoms with Gasteiger partial charge >= 0.3 is 6.03 Å². The molecule has 1 saturated heterocycles. The molecule has 0 spiro atoms. The summed E-state index contributed by atoms with van der Waals surface area (Å²) < 4.78 is 0. The van der Waals surface area contributed by atoms with Gasteiger partial charge in [-0.25, -0.2) is 4.79 Å². The zero-order valence-electron chi connectivity index (χ0n) is 10.8. The van der Waals surface area contributed by atoms with Crippen molar-refractivity contribution in [1.29, 1.82) is 0 Å². The van der Waals surface area contributed by atoms with Crippen molar-refractivity contribution in [3.05, 3.63) is 0 Å². The van der Waals surface area contributed by atoms with Crippen LogP contribution < -0.4 is 10.6 Å². The number of carbonyl (C=O) groups is 1. The lowest BCUT2D eigenvalue weighted by Gasteiger charge is -2.21. The summed E-state index contributed by atoms with van der Waals surface area (Å²) in [5, 5.41) is 5.77. The van der Waals surface area contributed by atoms with Gasteiger partial charge in [0.2, 0.25) is 0 Å². The van der Waals surface area contributed by atoms with E-state index in [1.807, 2.05) is 20.8 Å². The number of nitrogens with zero attached hydrogens (tertiary/aromatic N) is 1. The van der Waals surface area contributed by atoms with Gasteiger partial charge in [0.25, 0.3) is 0 Å². The molecule has 94 valence electrons. The van der Waals surface area contributed by atoms with E-state index in [0.717, 1.165) is 19.5 Å². The Bertz CT molecular complexity index is 217. The highest BCUT2D eigenvalue weighted by atomic mass is 16.2. The molecular weight excluding hydrogens is 202 g/mol. The largest absolute Gasteiger partial charge is 0.338 e. The van der Waals surface area contributed by atoms with Gasteiger partial charge in [-0.15, -0.1) is 0 Å². The Morgan fingerprint density at radius 1 is 1.25 bits per heavy atom. The van der Waals surface area contributed by atoms with Gasteiger partial charge in [0.05, 0.1) is 0 Å². The molecule has 4 nitrogen and oxygen atoms in total. The predicted octanol–water partition coefficient (Wildman–Crippen LogP) is 1.57. The third-order valence-corrected chi connectivity index (χ3v) is 2.62. The molecule has 1 aliphatic heterocycles. The van der Waals surface area contributed by atoms with Crippen LogP contribution in [0.3, 0.4) is 0 Å². The number of amides is 2. The molecule has 0 aliphatic carbocycles. The summed E-state index contributed by atoms with van der Waals surface area (Å²) in [7, 11) is 0. The number of hydrogen-bond donors (Lipinski definition) is 2. The van der Waals surface area contributed by atoms with Crippen LogP contribution in [0.15, 0.2) is 0 Å². The van der Waals surface area contributed by atoms with Gasteiger partial charge in [-0.1, -0.05) is 0 Å². The first-order valence-electron chi connectivity index (χ1n) is 6.26. The first-order valence-corrected chi connectivity index (χ1v) is 6.26. The van der Waals surface area contributed by atoms with Gasteiger partial charge < -0.3 is 15.5 Å². The lowest BCUT2D eigenvalue weighted by molar-refractivity contribution is 0.231. The molecular formula is C12H25N3O. The summed E-state index contributed by atoms with van der Waals surface area (Å²) in [5.74, 6) is 0. The maximum absolute atomic E-state index is 11.4. The van der Waals surface area contributed by atoms with Gasteiger partial charge in [0.15, 0.2) is 0 Å². The van der Waals surface area contributed by atoms with Crippen LogP contribution in [0.1, 0.15) is 40.0 Å². The third-order valence-electron chi connectivity index (χ3n) is 2.62. The van der Waals surface area contributed by atoms with Crippen molar-refractivity contribution in [2.75, 3.05) is 26.2 Å². The van der Waals surface area contributed by atoms with E-state index in [-0.39, 0.29) is 11.6 Å². The molecule has 2 N–H and O–H groups in total. The van der Waals surface area contributed by atoms with Crippen LogP contribution in [0.5, 0.6) is 0 Å². The van der Waals surface area contributed by atoms with E-state index in [1.165, 1.54) is 25.9 Å². The Hall–Kier alpha value is -0.770. The van der Waals surface area contributed by atoms with Crippen LogP contribution in [0.4, 0.5) is 4.79 Å². The zero-order chi connectivity index (χ0) is 12.0. The van der Waals surface area contributed by atoms with Gasteiger partial charge in [-0.3, -0.25) is 0 Å². The molecule has 0 radical (unpaired) electrons. The van der Waals surface area contributed by atoms with Crippen LogP contribution in [-0.2, 0) is 0 Å². The van der Waals surface area contributed by atoms with Crippen molar-refractivity contribution in [1.82, 2.24) is 15.5 Å².